The van der Waals surface area contributed by atoms with Crippen molar-refractivity contribution in [3.63, 3.8) is 0 Å². The van der Waals surface area contributed by atoms with Gasteiger partial charge in [-0.2, -0.15) is 0 Å². The number of nitrogens with zero attached hydrogens (tertiary/aromatic N) is 4. The minimum absolute atomic E-state index is 0.0845. The third-order valence-corrected chi connectivity index (χ3v) is 5.09. The summed E-state index contributed by atoms with van der Waals surface area (Å²) in [6.45, 7) is 5.83. The molecule has 0 amide bonds. The standard InChI is InChI=1S/C20H26N6O/c1-15-14-17(27)26-18(16-8-4-2-5-9-16)23-19(24-20(26)22-15)21-10-13-25-11-6-3-7-12-25/h2,4-5,8-9,14,18H,3,6-7,10-13H2,1H3,(H2,21,22,23,24)/t18-/m1/s1. The van der Waals surface area contributed by atoms with Crippen LogP contribution in [0, 0.1) is 6.92 Å². The molecule has 3 heterocycles. The molecular formula is C20H26N6O. The first-order valence-electron chi connectivity index (χ1n) is 9.66. The highest BCUT2D eigenvalue weighted by Crippen LogP contribution is 2.21. The Bertz CT molecular complexity index is 870. The summed E-state index contributed by atoms with van der Waals surface area (Å²) in [6, 6.07) is 11.5. The lowest BCUT2D eigenvalue weighted by Crippen LogP contribution is -2.48. The van der Waals surface area contributed by atoms with Gasteiger partial charge in [0.1, 0.15) is 6.17 Å². The van der Waals surface area contributed by atoms with Crippen LogP contribution in [0.2, 0.25) is 0 Å². The SMILES string of the molecule is Cc1cc(=O)n2c(n1)NC(=NCCN1CCCCC1)N[C@H]2c1ccccc1. The second kappa shape index (κ2) is 7.92. The Morgan fingerprint density at radius 3 is 2.74 bits per heavy atom. The van der Waals surface area contributed by atoms with Gasteiger partial charge in [-0.1, -0.05) is 36.8 Å². The van der Waals surface area contributed by atoms with Crippen LogP contribution in [-0.4, -0.2) is 46.6 Å². The molecule has 1 aromatic carbocycles. The molecule has 27 heavy (non-hydrogen) atoms. The molecule has 0 unspecified atom stereocenters. The van der Waals surface area contributed by atoms with E-state index in [0.29, 0.717) is 24.1 Å². The van der Waals surface area contributed by atoms with Crippen molar-refractivity contribution in [3.05, 3.63) is 58.0 Å². The van der Waals surface area contributed by atoms with Crippen molar-refractivity contribution < 1.29 is 0 Å². The zero-order valence-corrected chi connectivity index (χ0v) is 15.7. The fourth-order valence-electron chi connectivity index (χ4n) is 3.72. The van der Waals surface area contributed by atoms with E-state index in [9.17, 15) is 4.79 Å². The first kappa shape index (κ1) is 17.7. The highest BCUT2D eigenvalue weighted by molar-refractivity contribution is 5.93. The van der Waals surface area contributed by atoms with Crippen LogP contribution in [0.1, 0.15) is 36.7 Å². The molecule has 1 saturated heterocycles. The van der Waals surface area contributed by atoms with Gasteiger partial charge in [0.05, 0.1) is 6.54 Å². The number of benzene rings is 1. The van der Waals surface area contributed by atoms with Crippen molar-refractivity contribution in [2.45, 2.75) is 32.4 Å². The van der Waals surface area contributed by atoms with E-state index < -0.39 is 0 Å². The smallest absolute Gasteiger partial charge is 0.257 e. The lowest BCUT2D eigenvalue weighted by molar-refractivity contribution is 0.235. The molecule has 4 rings (SSSR count). The van der Waals surface area contributed by atoms with E-state index in [2.05, 4.69) is 20.5 Å². The average Bonchev–Trinajstić information content (AvgIpc) is 2.68. The van der Waals surface area contributed by atoms with Crippen LogP contribution in [-0.2, 0) is 0 Å². The highest BCUT2D eigenvalue weighted by Gasteiger charge is 2.26. The summed E-state index contributed by atoms with van der Waals surface area (Å²) in [4.78, 5) is 24.3. The van der Waals surface area contributed by atoms with Crippen LogP contribution in [0.25, 0.3) is 0 Å². The van der Waals surface area contributed by atoms with E-state index in [-0.39, 0.29) is 11.7 Å². The molecule has 7 heteroatoms. The molecular weight excluding hydrogens is 340 g/mol. The second-order valence-electron chi connectivity index (χ2n) is 7.14. The van der Waals surface area contributed by atoms with E-state index in [1.807, 2.05) is 37.3 Å². The van der Waals surface area contributed by atoms with Gasteiger partial charge in [0, 0.05) is 18.3 Å². The zero-order chi connectivity index (χ0) is 18.6. The molecule has 2 aromatic rings. The van der Waals surface area contributed by atoms with Gasteiger partial charge in [-0.15, -0.1) is 0 Å². The largest absolute Gasteiger partial charge is 0.331 e. The van der Waals surface area contributed by atoms with Gasteiger partial charge in [-0.3, -0.25) is 19.7 Å². The number of piperidine rings is 1. The summed E-state index contributed by atoms with van der Waals surface area (Å²) >= 11 is 0. The Balaban J connectivity index is 1.58. The number of hydrogen-bond donors (Lipinski definition) is 2. The van der Waals surface area contributed by atoms with Gasteiger partial charge in [0.2, 0.25) is 5.95 Å². The summed E-state index contributed by atoms with van der Waals surface area (Å²) < 4.78 is 1.64. The molecule has 2 aliphatic rings. The van der Waals surface area contributed by atoms with Gasteiger partial charge >= 0.3 is 0 Å². The van der Waals surface area contributed by atoms with Crippen molar-refractivity contribution in [2.24, 2.45) is 4.99 Å². The molecule has 0 saturated carbocycles. The topological polar surface area (TPSA) is 74.5 Å². The maximum atomic E-state index is 12.6. The van der Waals surface area contributed by atoms with Crippen LogP contribution >= 0.6 is 0 Å². The number of rotatable bonds is 4. The van der Waals surface area contributed by atoms with E-state index in [0.717, 1.165) is 25.2 Å². The maximum Gasteiger partial charge on any atom is 0.257 e. The van der Waals surface area contributed by atoms with Crippen molar-refractivity contribution in [2.75, 3.05) is 31.5 Å². The molecule has 0 bridgehead atoms. The first-order chi connectivity index (χ1) is 13.2. The summed E-state index contributed by atoms with van der Waals surface area (Å²) in [5.74, 6) is 1.20. The van der Waals surface area contributed by atoms with E-state index in [1.54, 1.807) is 10.6 Å². The molecule has 2 N–H and O–H groups in total. The third kappa shape index (κ3) is 4.03. The number of anilines is 1. The molecule has 1 atom stereocenters. The van der Waals surface area contributed by atoms with Gasteiger partial charge in [0.25, 0.3) is 5.56 Å². The predicted molar refractivity (Wildman–Crippen MR) is 107 cm³/mol. The fourth-order valence-corrected chi connectivity index (χ4v) is 3.72. The van der Waals surface area contributed by atoms with Gasteiger partial charge in [-0.05, 0) is 38.4 Å². The molecule has 1 fully saturated rings. The number of aromatic nitrogens is 2. The number of fused-ring (bicyclic) bond motifs is 1. The minimum Gasteiger partial charge on any atom is -0.331 e. The van der Waals surface area contributed by atoms with Crippen LogP contribution < -0.4 is 16.2 Å². The Labute approximate surface area is 159 Å². The Morgan fingerprint density at radius 1 is 1.19 bits per heavy atom. The lowest BCUT2D eigenvalue weighted by Gasteiger charge is -2.31. The third-order valence-electron chi connectivity index (χ3n) is 5.09. The summed E-state index contributed by atoms with van der Waals surface area (Å²) in [5.41, 5.74) is 1.61. The van der Waals surface area contributed by atoms with Crippen LogP contribution in [0.5, 0.6) is 0 Å². The van der Waals surface area contributed by atoms with Crippen molar-refractivity contribution >= 4 is 11.9 Å². The number of aryl methyl sites for hydroxylation is 1. The van der Waals surface area contributed by atoms with Crippen LogP contribution in [0.4, 0.5) is 5.95 Å². The summed E-state index contributed by atoms with van der Waals surface area (Å²) in [6.07, 6.45) is 3.58. The number of likely N-dealkylation sites (tertiary alicyclic amines) is 1. The Hall–Kier alpha value is -2.67. The number of aliphatic imine (C=N–C) groups is 1. The average molecular weight is 366 g/mol. The number of guanidine groups is 1. The van der Waals surface area contributed by atoms with Gasteiger partial charge < -0.3 is 10.2 Å². The maximum absolute atomic E-state index is 12.6. The van der Waals surface area contributed by atoms with Crippen molar-refractivity contribution in [3.8, 4) is 0 Å². The fraction of sp³-hybridized carbons (Fsp3) is 0.450. The molecule has 0 radical (unpaired) electrons. The molecule has 0 spiro atoms. The van der Waals surface area contributed by atoms with E-state index >= 15 is 0 Å². The summed E-state index contributed by atoms with van der Waals surface area (Å²) in [5, 5.41) is 6.56. The normalized spacial score (nSPS) is 21.4. The van der Waals surface area contributed by atoms with Gasteiger partial charge in [-0.25, -0.2) is 4.98 Å². The minimum atomic E-state index is -0.322. The second-order valence-corrected chi connectivity index (χ2v) is 7.14. The predicted octanol–water partition coefficient (Wildman–Crippen LogP) is 1.96. The number of hydrogen-bond acceptors (Lipinski definition) is 4. The zero-order valence-electron chi connectivity index (χ0n) is 15.7. The molecule has 7 nitrogen and oxygen atoms in total. The molecule has 2 aliphatic heterocycles. The highest BCUT2D eigenvalue weighted by atomic mass is 16.1. The Morgan fingerprint density at radius 2 is 1.96 bits per heavy atom. The number of nitrogens with one attached hydrogen (secondary N) is 2. The van der Waals surface area contributed by atoms with Crippen molar-refractivity contribution in [1.29, 1.82) is 0 Å². The lowest BCUT2D eigenvalue weighted by atomic mass is 10.1. The monoisotopic (exact) mass is 366 g/mol. The molecule has 1 aromatic heterocycles. The van der Waals surface area contributed by atoms with E-state index in [4.69, 9.17) is 4.99 Å². The summed E-state index contributed by atoms with van der Waals surface area (Å²) in [7, 11) is 0. The van der Waals surface area contributed by atoms with Gasteiger partial charge in [0.15, 0.2) is 5.96 Å². The Kier molecular flexibility index (Phi) is 5.20. The first-order valence-corrected chi connectivity index (χ1v) is 9.66. The van der Waals surface area contributed by atoms with Crippen molar-refractivity contribution in [1.82, 2.24) is 19.8 Å². The van der Waals surface area contributed by atoms with Crippen LogP contribution in [0.3, 0.4) is 0 Å². The van der Waals surface area contributed by atoms with E-state index in [1.165, 1.54) is 19.3 Å². The molecule has 0 aliphatic carbocycles. The quantitative estimate of drug-likeness (QED) is 0.865. The van der Waals surface area contributed by atoms with Crippen LogP contribution in [0.15, 0.2) is 46.2 Å². The molecule has 142 valence electrons.